The Hall–Kier alpha value is 0.0931. The second-order valence-corrected chi connectivity index (χ2v) is 13.2. The van der Waals surface area contributed by atoms with Crippen LogP contribution in [0, 0.1) is 0 Å². The molecule has 1 aromatic rings. The van der Waals surface area contributed by atoms with E-state index in [2.05, 4.69) is 44.2 Å². The zero-order chi connectivity index (χ0) is 9.31. The Balaban J connectivity index is 0.000000980. The monoisotopic (exact) mass is 322 g/mol. The zero-order valence-electron chi connectivity index (χ0n) is 8.69. The fourth-order valence-corrected chi connectivity index (χ4v) is 7.22. The van der Waals surface area contributed by atoms with Crippen molar-refractivity contribution in [3.05, 3.63) is 39.8 Å². The van der Waals surface area contributed by atoms with Crippen molar-refractivity contribution in [2.24, 2.45) is 0 Å². The van der Waals surface area contributed by atoms with Gasteiger partial charge >= 0.3 is 83.3 Å². The predicted octanol–water partition coefficient (Wildman–Crippen LogP) is 2.96. The average molecular weight is 324 g/mol. The molecular weight excluding hydrogens is 308 g/mol. The minimum absolute atomic E-state index is 0. The minimum atomic E-state index is -2.37. The Bertz CT molecular complexity index is 404. The van der Waals surface area contributed by atoms with E-state index in [0.717, 1.165) is 6.42 Å². The van der Waals surface area contributed by atoms with Gasteiger partial charge in [-0.05, 0) is 0 Å². The summed E-state index contributed by atoms with van der Waals surface area (Å²) < 4.78 is 9.80. The fraction of sp³-hybridized carbons (Fsp3) is 0.182. The van der Waals surface area contributed by atoms with Crippen LogP contribution in [0.25, 0.3) is 0 Å². The molecule has 1 atom stereocenters. The number of H-pyrrole nitrogens is 1. The summed E-state index contributed by atoms with van der Waals surface area (Å²) in [5.41, 5.74) is 0. The quantitative estimate of drug-likeness (QED) is 0.861. The van der Waals surface area contributed by atoms with E-state index in [0.29, 0.717) is 0 Å². The van der Waals surface area contributed by atoms with E-state index in [1.165, 1.54) is 3.40 Å². The van der Waals surface area contributed by atoms with Gasteiger partial charge in [-0.15, -0.1) is 24.8 Å². The molecule has 4 heteroatoms. The van der Waals surface area contributed by atoms with Gasteiger partial charge in [0.15, 0.2) is 0 Å². The number of hydrogen-bond acceptors (Lipinski definition) is 0. The first-order valence-corrected chi connectivity index (χ1v) is 11.2. The van der Waals surface area contributed by atoms with Crippen LogP contribution >= 0.6 is 24.8 Å². The standard InChI is InChI=1S/C5H5.C4H4N.CH3.CH2.2ClH.Zr/c2*1-2-4-5-3-1;;;;;/h1-3H,4H2;1-3,5H;1H3;1H2;2*1H;. The maximum atomic E-state index is 4.46. The summed E-state index contributed by atoms with van der Waals surface area (Å²) in [5.74, 6) is 0. The number of halogens is 2. The van der Waals surface area contributed by atoms with Crippen molar-refractivity contribution in [3.8, 4) is 0 Å². The molecule has 1 aliphatic carbocycles. The fourth-order valence-electron chi connectivity index (χ4n) is 1.70. The van der Waals surface area contributed by atoms with E-state index in [4.69, 9.17) is 0 Å². The van der Waals surface area contributed by atoms with Crippen molar-refractivity contribution in [1.29, 1.82) is 0 Å². The summed E-state index contributed by atoms with van der Waals surface area (Å²) in [6.07, 6.45) is 9.74. The molecule has 0 saturated carbocycles. The van der Waals surface area contributed by atoms with Crippen LogP contribution < -0.4 is 3.40 Å². The molecule has 15 heavy (non-hydrogen) atoms. The first kappa shape index (κ1) is 15.1. The molecule has 0 radical (unpaired) electrons. The Morgan fingerprint density at radius 3 is 2.60 bits per heavy atom. The number of hydrogen-bond donors (Lipinski definition) is 1. The predicted molar refractivity (Wildman–Crippen MR) is 69.7 cm³/mol. The van der Waals surface area contributed by atoms with Gasteiger partial charge in [-0.2, -0.15) is 0 Å². The molecule has 0 spiro atoms. The third kappa shape index (κ3) is 3.03. The van der Waals surface area contributed by atoms with Crippen LogP contribution in [0.1, 0.15) is 6.42 Å². The maximum absolute atomic E-state index is 4.46. The van der Waals surface area contributed by atoms with E-state index in [-0.39, 0.29) is 24.8 Å². The van der Waals surface area contributed by atoms with E-state index in [9.17, 15) is 0 Å². The van der Waals surface area contributed by atoms with E-state index >= 15 is 0 Å². The normalized spacial score (nSPS) is 17.3. The summed E-state index contributed by atoms with van der Waals surface area (Å²) in [6.45, 7) is 0. The van der Waals surface area contributed by atoms with Crippen LogP contribution in [0.15, 0.2) is 39.8 Å². The van der Waals surface area contributed by atoms with Crippen molar-refractivity contribution in [2.75, 3.05) is 0 Å². The number of aromatic amines is 1. The molecule has 1 nitrogen and oxygen atoms in total. The molecule has 0 bridgehead atoms. The summed E-state index contributed by atoms with van der Waals surface area (Å²) in [7, 11) is 0. The molecule has 1 N–H and O–H groups in total. The first-order chi connectivity index (χ1) is 6.21. The van der Waals surface area contributed by atoms with Crippen LogP contribution in [-0.2, 0) is 19.8 Å². The number of allylic oxidation sites excluding steroid dienone is 4. The Morgan fingerprint density at radius 1 is 1.40 bits per heavy atom. The van der Waals surface area contributed by atoms with Gasteiger partial charge in [0.05, 0.1) is 0 Å². The molecule has 0 saturated heterocycles. The van der Waals surface area contributed by atoms with Crippen LogP contribution in [0.4, 0.5) is 0 Å². The molecule has 0 aromatic carbocycles. The van der Waals surface area contributed by atoms with Gasteiger partial charge in [0.25, 0.3) is 0 Å². The van der Waals surface area contributed by atoms with Gasteiger partial charge < -0.3 is 0 Å². The molecule has 0 amide bonds. The summed E-state index contributed by atoms with van der Waals surface area (Å²) in [6, 6.07) is 4.25. The number of nitrogens with one attached hydrogen (secondary N) is 1. The molecular formula is C11H16Cl2NZr. The average Bonchev–Trinajstić information content (AvgIpc) is 2.78. The Kier molecular flexibility index (Phi) is 6.02. The van der Waals surface area contributed by atoms with Gasteiger partial charge in [0.2, 0.25) is 0 Å². The van der Waals surface area contributed by atoms with Gasteiger partial charge in [-0.3, -0.25) is 0 Å². The topological polar surface area (TPSA) is 15.8 Å². The van der Waals surface area contributed by atoms with Crippen molar-refractivity contribution >= 4 is 32.4 Å². The molecule has 83 valence electrons. The molecule has 0 fully saturated rings. The molecule has 1 heterocycles. The van der Waals surface area contributed by atoms with Crippen molar-refractivity contribution in [2.45, 2.75) is 11.1 Å². The van der Waals surface area contributed by atoms with Gasteiger partial charge in [-0.25, -0.2) is 0 Å². The second kappa shape index (κ2) is 5.98. The SMILES string of the molecule is Cl.Cl.[CH2]=[Zr]([CH3])([C]1=CC=CC1)[c]1ccc[nH]1. The van der Waals surface area contributed by atoms with Crippen LogP contribution in [0.2, 0.25) is 4.63 Å². The van der Waals surface area contributed by atoms with Crippen molar-refractivity contribution in [1.82, 2.24) is 4.98 Å². The number of aromatic nitrogens is 1. The van der Waals surface area contributed by atoms with E-state index < -0.39 is 19.8 Å². The van der Waals surface area contributed by atoms with Crippen molar-refractivity contribution < 1.29 is 19.8 Å². The summed E-state index contributed by atoms with van der Waals surface area (Å²) >= 11 is -2.37. The van der Waals surface area contributed by atoms with Crippen LogP contribution in [-0.4, -0.2) is 9.20 Å². The van der Waals surface area contributed by atoms with E-state index in [1.807, 2.05) is 6.20 Å². The zero-order valence-corrected chi connectivity index (χ0v) is 12.8. The molecule has 1 aliphatic rings. The molecule has 2 rings (SSSR count). The van der Waals surface area contributed by atoms with Crippen LogP contribution in [0.5, 0.6) is 0 Å². The second-order valence-electron chi connectivity index (χ2n) is 3.74. The first-order valence-electron chi connectivity index (χ1n) is 4.56. The van der Waals surface area contributed by atoms with Gasteiger partial charge in [0.1, 0.15) is 0 Å². The Labute approximate surface area is 107 Å². The molecule has 0 aliphatic heterocycles. The number of rotatable bonds is 2. The van der Waals surface area contributed by atoms with E-state index in [1.54, 1.807) is 3.28 Å². The molecule has 1 aromatic heterocycles. The third-order valence-electron chi connectivity index (χ3n) is 2.67. The summed E-state index contributed by atoms with van der Waals surface area (Å²) in [4.78, 5) is 3.32. The molecule has 1 unspecified atom stereocenters. The van der Waals surface area contributed by atoms with Gasteiger partial charge in [-0.1, -0.05) is 0 Å². The Morgan fingerprint density at radius 2 is 2.13 bits per heavy atom. The van der Waals surface area contributed by atoms with Crippen molar-refractivity contribution in [3.63, 3.8) is 0 Å². The van der Waals surface area contributed by atoms with Crippen LogP contribution in [0.3, 0.4) is 0 Å². The van der Waals surface area contributed by atoms with Gasteiger partial charge in [0, 0.05) is 0 Å². The third-order valence-corrected chi connectivity index (χ3v) is 10.8. The summed E-state index contributed by atoms with van der Waals surface area (Å²) in [5, 5.41) is 0.